The third-order valence-corrected chi connectivity index (χ3v) is 14.6. The fraction of sp³-hybridized carbons (Fsp3) is 0.684. The maximum Gasteiger partial charge on any atom is 0.331 e. The van der Waals surface area contributed by atoms with Crippen molar-refractivity contribution in [1.29, 1.82) is 0 Å². The predicted molar refractivity (Wildman–Crippen MR) is 172 cm³/mol. The molecule has 5 fully saturated rings. The lowest BCUT2D eigenvalue weighted by Gasteiger charge is -2.70. The molecule has 258 valence electrons. The van der Waals surface area contributed by atoms with E-state index in [1.807, 2.05) is 25.2 Å². The van der Waals surface area contributed by atoms with E-state index in [0.717, 1.165) is 28.5 Å². The van der Waals surface area contributed by atoms with Gasteiger partial charge in [-0.2, -0.15) is 0 Å². The van der Waals surface area contributed by atoms with E-state index in [1.165, 1.54) is 0 Å². The molecule has 9 rings (SSSR count). The lowest BCUT2D eigenvalue weighted by atomic mass is 9.38. The Morgan fingerprint density at radius 1 is 1.08 bits per heavy atom. The van der Waals surface area contributed by atoms with Gasteiger partial charge in [0.15, 0.2) is 0 Å². The Morgan fingerprint density at radius 3 is 2.65 bits per heavy atom. The second kappa shape index (κ2) is 10.9. The lowest BCUT2D eigenvalue weighted by molar-refractivity contribution is -0.349. The van der Waals surface area contributed by atoms with Crippen LogP contribution in [0.25, 0.3) is 0 Å². The minimum atomic E-state index is -2.14. The highest BCUT2D eigenvalue weighted by molar-refractivity contribution is 5.86. The van der Waals surface area contributed by atoms with Crippen molar-refractivity contribution >= 4 is 12.3 Å². The van der Waals surface area contributed by atoms with Crippen molar-refractivity contribution in [1.82, 2.24) is 5.32 Å². The molecule has 4 bridgehead atoms. The Kier molecular flexibility index (Phi) is 7.42. The summed E-state index contributed by atoms with van der Waals surface area (Å²) in [5.74, 6) is 4.62. The quantitative estimate of drug-likeness (QED) is 0.141. The molecular formula is C38H47NO9. The third kappa shape index (κ3) is 3.95. The first kappa shape index (κ1) is 32.6. The summed E-state index contributed by atoms with van der Waals surface area (Å²) in [5, 5.41) is 74.8. The number of likely N-dealkylation sites (N-methyl/N-ethyl adjacent to an activating group) is 1. The fourth-order valence-electron chi connectivity index (χ4n) is 12.7. The summed E-state index contributed by atoms with van der Waals surface area (Å²) in [6, 6.07) is 5.55. The Bertz CT molecular complexity index is 1630. The summed E-state index contributed by atoms with van der Waals surface area (Å²) in [6.45, 7) is -0.130. The van der Waals surface area contributed by atoms with Gasteiger partial charge in [0.25, 0.3) is 0 Å². The van der Waals surface area contributed by atoms with E-state index < -0.39 is 57.8 Å². The molecule has 0 saturated heterocycles. The zero-order valence-electron chi connectivity index (χ0n) is 27.4. The average Bonchev–Trinajstić information content (AvgIpc) is 3.57. The number of aldehydes is 1. The normalized spacial score (nSPS) is 48.8. The monoisotopic (exact) mass is 661 g/mol. The Hall–Kier alpha value is -2.62. The number of aliphatic hydroxyl groups excluding tert-OH is 3. The predicted octanol–water partition coefficient (Wildman–Crippen LogP) is 1.05. The van der Waals surface area contributed by atoms with E-state index in [9.17, 15) is 40.2 Å². The SMILES string of the molecule is CN[C@@H]1Cc2c(cccc2CO)C#CCC[C@]23CC[C@@H]4[C@@](O)([C@@H](O)C[C@]5(O)C[C@@H](O)CC[C@@]45C=O)[C@@]2(O)C[C@@H]2C[C@H]1[C@H]1OC(=O)C=C1[C@@H]23. The van der Waals surface area contributed by atoms with Crippen LogP contribution in [0.2, 0.25) is 0 Å². The molecule has 0 radical (unpaired) electrons. The summed E-state index contributed by atoms with van der Waals surface area (Å²) >= 11 is 0. The van der Waals surface area contributed by atoms with Gasteiger partial charge in [0.2, 0.25) is 0 Å². The summed E-state index contributed by atoms with van der Waals surface area (Å²) in [7, 11) is 1.87. The first-order valence-corrected chi connectivity index (χ1v) is 17.7. The molecule has 1 aromatic rings. The summed E-state index contributed by atoms with van der Waals surface area (Å²) in [6.07, 6.45) is 2.03. The van der Waals surface area contributed by atoms with Gasteiger partial charge in [-0.3, -0.25) is 0 Å². The van der Waals surface area contributed by atoms with Gasteiger partial charge in [-0.25, -0.2) is 4.79 Å². The Labute approximate surface area is 280 Å². The first-order valence-electron chi connectivity index (χ1n) is 17.7. The molecular weight excluding hydrogens is 614 g/mol. The van der Waals surface area contributed by atoms with Crippen LogP contribution in [0.4, 0.5) is 0 Å². The first-order chi connectivity index (χ1) is 22.9. The second-order valence-electron chi connectivity index (χ2n) is 16.1. The summed E-state index contributed by atoms with van der Waals surface area (Å²) in [5.41, 5.74) is -4.81. The van der Waals surface area contributed by atoms with E-state index in [-0.39, 0.29) is 68.9 Å². The number of hydrogen-bond acceptors (Lipinski definition) is 10. The molecule has 0 unspecified atom stereocenters. The van der Waals surface area contributed by atoms with Crippen LogP contribution >= 0.6 is 0 Å². The number of carbonyl (C=O) groups is 2. The van der Waals surface area contributed by atoms with Crippen LogP contribution in [-0.4, -0.2) is 91.1 Å². The molecule has 0 aromatic heterocycles. The highest BCUT2D eigenvalue weighted by Crippen LogP contribution is 2.75. The third-order valence-electron chi connectivity index (χ3n) is 14.6. The van der Waals surface area contributed by atoms with Crippen molar-refractivity contribution in [3.8, 4) is 11.8 Å². The number of esters is 1. The topological polar surface area (TPSA) is 177 Å². The van der Waals surface area contributed by atoms with Gasteiger partial charge in [0, 0.05) is 54.2 Å². The van der Waals surface area contributed by atoms with Crippen LogP contribution in [0.3, 0.4) is 0 Å². The van der Waals surface area contributed by atoms with E-state index in [2.05, 4.69) is 17.2 Å². The van der Waals surface area contributed by atoms with Gasteiger partial charge in [-0.1, -0.05) is 24.0 Å². The zero-order chi connectivity index (χ0) is 33.9. The summed E-state index contributed by atoms with van der Waals surface area (Å²) < 4.78 is 6.08. The zero-order valence-corrected chi connectivity index (χ0v) is 27.4. The van der Waals surface area contributed by atoms with Gasteiger partial charge in [-0.15, -0.1) is 0 Å². The van der Waals surface area contributed by atoms with E-state index in [4.69, 9.17) is 4.74 Å². The number of nitrogens with one attached hydrogen (secondary N) is 1. The molecule has 1 aliphatic heterocycles. The molecule has 0 amide bonds. The van der Waals surface area contributed by atoms with E-state index in [1.54, 1.807) is 6.08 Å². The molecule has 10 heteroatoms. The maximum absolute atomic E-state index is 13.4. The minimum Gasteiger partial charge on any atom is -0.454 e. The van der Waals surface area contributed by atoms with E-state index >= 15 is 0 Å². The molecule has 5 saturated carbocycles. The van der Waals surface area contributed by atoms with Crippen LogP contribution in [0.1, 0.15) is 80.9 Å². The minimum absolute atomic E-state index is 0.0830. The maximum atomic E-state index is 13.4. The van der Waals surface area contributed by atoms with Gasteiger partial charge >= 0.3 is 5.97 Å². The van der Waals surface area contributed by atoms with Crippen molar-refractivity contribution < 1.29 is 45.0 Å². The molecule has 48 heavy (non-hydrogen) atoms. The van der Waals surface area contributed by atoms with Gasteiger partial charge in [0.05, 0.1) is 29.8 Å². The van der Waals surface area contributed by atoms with Crippen molar-refractivity contribution in [2.75, 3.05) is 7.05 Å². The second-order valence-corrected chi connectivity index (χ2v) is 16.1. The van der Waals surface area contributed by atoms with E-state index in [0.29, 0.717) is 32.1 Å². The van der Waals surface area contributed by atoms with Crippen LogP contribution in [0.5, 0.6) is 0 Å². The Balaban J connectivity index is 1.31. The number of aliphatic hydroxyl groups is 6. The van der Waals surface area contributed by atoms with Gasteiger partial charge < -0.3 is 45.5 Å². The van der Waals surface area contributed by atoms with Crippen LogP contribution in [-0.2, 0) is 27.4 Å². The molecule has 1 heterocycles. The molecule has 7 N–H and O–H groups in total. The smallest absolute Gasteiger partial charge is 0.331 e. The number of fused-ring (bicyclic) bond motifs is 7. The fourth-order valence-corrected chi connectivity index (χ4v) is 12.7. The molecule has 13 atom stereocenters. The molecule has 10 nitrogen and oxygen atoms in total. The summed E-state index contributed by atoms with van der Waals surface area (Å²) in [4.78, 5) is 26.3. The van der Waals surface area contributed by atoms with Gasteiger partial charge in [0.1, 0.15) is 23.6 Å². The van der Waals surface area contributed by atoms with Crippen LogP contribution in [0, 0.1) is 46.3 Å². The lowest BCUT2D eigenvalue weighted by Crippen LogP contribution is -2.81. The van der Waals surface area contributed by atoms with Crippen molar-refractivity contribution in [3.63, 3.8) is 0 Å². The molecule has 7 aliphatic carbocycles. The molecule has 1 aromatic carbocycles. The highest BCUT2D eigenvalue weighted by Gasteiger charge is 2.82. The number of rotatable bonds is 3. The number of ether oxygens (including phenoxy) is 1. The van der Waals surface area contributed by atoms with Crippen LogP contribution in [0.15, 0.2) is 29.8 Å². The van der Waals surface area contributed by atoms with Crippen LogP contribution < -0.4 is 5.32 Å². The number of hydrogen-bond donors (Lipinski definition) is 7. The molecule has 8 aliphatic rings. The van der Waals surface area contributed by atoms with Gasteiger partial charge in [-0.05, 0) is 93.0 Å². The average molecular weight is 662 g/mol. The van der Waals surface area contributed by atoms with Crippen molar-refractivity contribution in [2.24, 2.45) is 34.5 Å². The van der Waals surface area contributed by atoms with Crippen molar-refractivity contribution in [2.45, 2.75) is 118 Å². The number of carbonyl (C=O) groups excluding carboxylic acids is 2. The number of benzene rings is 1. The highest BCUT2D eigenvalue weighted by atomic mass is 16.5. The largest absolute Gasteiger partial charge is 0.454 e. The molecule has 1 spiro atoms. The van der Waals surface area contributed by atoms with Crippen molar-refractivity contribution in [3.05, 3.63) is 46.5 Å². The standard InChI is InChI=1S/C38H47NO9/c1-39-28-14-25-21(6-4-7-22(25)19-40)5-2-3-10-34-12-9-29-35(20-41)11-8-24(42)17-36(35,45)18-30(43)38(29,47)37(34,46)16-23-13-26(28)33-27(32(23)34)15-31(44)48-33/h4,6-7,15,20,23-24,26,28-30,32-33,39-40,42-43,45-47H,3,8-14,16-19H2,1H3/t23-,24-,26+,28+,29-,30-,32+,33+,34+,35+,36+,37+,38+/m0/s1. The Morgan fingerprint density at radius 2 is 1.90 bits per heavy atom.